The zero-order valence-corrected chi connectivity index (χ0v) is 30.5. The van der Waals surface area contributed by atoms with Gasteiger partial charge in [0.15, 0.2) is 0 Å². The number of rotatable bonds is 14. The standard InChI is InChI=1S/C32H52N8O14/c1-14(2)24-31(53)38-20(13-23(46)47)30(52)34-15(3)26(48)35-19(9-11-22(44)45)29(51)40-25(16(4)41)32(54)37-18(8-10-21(42)43)27(49)36-17(28(50)39-24)7-5-6-12-33/h14-20,24-25,41H,5-13,33H2,1-4H3,(H,34,52)(H,35,48)(H,36,49)(H,37,54)(H,38,53)(H,39,50)(H,40,51)(H,42,43)(H,44,45)(H,46,47)/t15-,16+,17-,18-,19-,20-,24-,25-/m0/s1. The molecule has 0 aromatic carbocycles. The van der Waals surface area contributed by atoms with Crippen molar-refractivity contribution in [3.63, 3.8) is 0 Å². The van der Waals surface area contributed by atoms with Crippen molar-refractivity contribution in [2.45, 2.75) is 127 Å². The Morgan fingerprint density at radius 2 is 0.963 bits per heavy atom. The Morgan fingerprint density at radius 1 is 0.556 bits per heavy atom. The molecule has 0 aliphatic carbocycles. The molecule has 1 rings (SSSR count). The maximum absolute atomic E-state index is 13.6. The second-order valence-electron chi connectivity index (χ2n) is 13.2. The van der Waals surface area contributed by atoms with E-state index in [9.17, 15) is 68.4 Å². The van der Waals surface area contributed by atoms with Crippen LogP contribution in [0.1, 0.15) is 79.1 Å². The highest BCUT2D eigenvalue weighted by Crippen LogP contribution is 2.10. The van der Waals surface area contributed by atoms with Gasteiger partial charge in [-0.2, -0.15) is 0 Å². The van der Waals surface area contributed by atoms with E-state index in [2.05, 4.69) is 37.2 Å². The molecule has 1 aliphatic heterocycles. The Kier molecular flexibility index (Phi) is 19.6. The number of carbonyl (C=O) groups excluding carboxylic acids is 7. The summed E-state index contributed by atoms with van der Waals surface area (Å²) in [6.45, 7) is 5.50. The normalized spacial score (nSPS) is 26.1. The van der Waals surface area contributed by atoms with Gasteiger partial charge < -0.3 is 63.4 Å². The van der Waals surface area contributed by atoms with Gasteiger partial charge in [0.25, 0.3) is 0 Å². The van der Waals surface area contributed by atoms with E-state index in [1.165, 1.54) is 13.8 Å². The van der Waals surface area contributed by atoms with E-state index < -0.39 is 146 Å². The predicted octanol–water partition coefficient (Wildman–Crippen LogP) is -4.22. The second-order valence-corrected chi connectivity index (χ2v) is 13.2. The molecule has 0 aromatic heterocycles. The lowest BCUT2D eigenvalue weighted by molar-refractivity contribution is -0.142. The first-order valence-corrected chi connectivity index (χ1v) is 17.3. The first-order valence-electron chi connectivity index (χ1n) is 17.3. The lowest BCUT2D eigenvalue weighted by Gasteiger charge is -2.28. The van der Waals surface area contributed by atoms with Crippen molar-refractivity contribution in [1.29, 1.82) is 0 Å². The molecule has 0 aromatic rings. The summed E-state index contributed by atoms with van der Waals surface area (Å²) in [6, 6.07) is -11.3. The maximum Gasteiger partial charge on any atom is 0.305 e. The van der Waals surface area contributed by atoms with Crippen molar-refractivity contribution in [2.24, 2.45) is 11.7 Å². The van der Waals surface area contributed by atoms with Crippen molar-refractivity contribution in [3.05, 3.63) is 0 Å². The molecule has 1 saturated heterocycles. The summed E-state index contributed by atoms with van der Waals surface area (Å²) in [6.07, 6.45) is -4.41. The first-order chi connectivity index (χ1) is 25.2. The molecule has 22 heteroatoms. The van der Waals surface area contributed by atoms with E-state index >= 15 is 0 Å². The zero-order chi connectivity index (χ0) is 41.3. The zero-order valence-electron chi connectivity index (χ0n) is 30.5. The number of unbranched alkanes of at least 4 members (excludes halogenated alkanes) is 1. The molecule has 22 nitrogen and oxygen atoms in total. The van der Waals surface area contributed by atoms with Crippen molar-refractivity contribution in [3.8, 4) is 0 Å². The molecule has 304 valence electrons. The Bertz CT molecular complexity index is 1410. The third kappa shape index (κ3) is 16.1. The summed E-state index contributed by atoms with van der Waals surface area (Å²) in [5.74, 6) is -12.5. The van der Waals surface area contributed by atoms with E-state index in [0.717, 1.165) is 13.8 Å². The number of nitrogens with two attached hydrogens (primary N) is 1. The summed E-state index contributed by atoms with van der Waals surface area (Å²) in [5, 5.41) is 54.5. The summed E-state index contributed by atoms with van der Waals surface area (Å²) < 4.78 is 0. The molecule has 8 atom stereocenters. The molecule has 1 heterocycles. The summed E-state index contributed by atoms with van der Waals surface area (Å²) in [5.41, 5.74) is 5.59. The van der Waals surface area contributed by atoms with Gasteiger partial charge in [-0.25, -0.2) is 0 Å². The largest absolute Gasteiger partial charge is 0.481 e. The fraction of sp³-hybridized carbons (Fsp3) is 0.688. The van der Waals surface area contributed by atoms with Crippen LogP contribution in [-0.4, -0.2) is 135 Å². The number of carboxylic acids is 3. The SMILES string of the molecule is CC(C)[C@@H]1NC(=O)[C@H](CCCCN)NC(=O)[C@H](CCC(=O)O)NC(=O)[C@H]([C@@H](C)O)NC(=O)[C@H](CCC(=O)O)NC(=O)[C@H](C)NC(=O)[C@H](CC(=O)O)NC1=O. The Hall–Kier alpha value is -5.38. The lowest BCUT2D eigenvalue weighted by Crippen LogP contribution is -2.61. The summed E-state index contributed by atoms with van der Waals surface area (Å²) in [7, 11) is 0. The maximum atomic E-state index is 13.6. The van der Waals surface area contributed by atoms with Crippen LogP contribution in [0, 0.1) is 5.92 Å². The van der Waals surface area contributed by atoms with Crippen LogP contribution in [0.5, 0.6) is 0 Å². The first kappa shape index (κ1) is 46.6. The van der Waals surface area contributed by atoms with Crippen LogP contribution in [0.2, 0.25) is 0 Å². The van der Waals surface area contributed by atoms with Crippen LogP contribution in [0.3, 0.4) is 0 Å². The van der Waals surface area contributed by atoms with E-state index in [0.29, 0.717) is 6.42 Å². The van der Waals surface area contributed by atoms with E-state index in [4.69, 9.17) is 5.73 Å². The molecular weight excluding hydrogens is 720 g/mol. The Labute approximate surface area is 310 Å². The molecule has 0 spiro atoms. The number of hydrogen-bond donors (Lipinski definition) is 12. The van der Waals surface area contributed by atoms with Crippen LogP contribution in [0.15, 0.2) is 0 Å². The number of aliphatic hydroxyl groups is 1. The average molecular weight is 773 g/mol. The summed E-state index contributed by atoms with van der Waals surface area (Å²) in [4.78, 5) is 128. The van der Waals surface area contributed by atoms with Gasteiger partial charge in [0, 0.05) is 12.8 Å². The number of aliphatic hydroxyl groups excluding tert-OH is 1. The molecular formula is C32H52N8O14. The topological polar surface area (TPSA) is 362 Å². The molecule has 0 radical (unpaired) electrons. The molecule has 7 amide bonds. The van der Waals surface area contributed by atoms with Crippen LogP contribution in [-0.2, 0) is 47.9 Å². The highest BCUT2D eigenvalue weighted by atomic mass is 16.4. The van der Waals surface area contributed by atoms with Crippen LogP contribution < -0.4 is 43.0 Å². The highest BCUT2D eigenvalue weighted by Gasteiger charge is 2.37. The quantitative estimate of drug-likeness (QED) is 0.0745. The van der Waals surface area contributed by atoms with Crippen molar-refractivity contribution in [1.82, 2.24) is 37.2 Å². The Balaban J connectivity index is 3.81. The van der Waals surface area contributed by atoms with Gasteiger partial charge in [-0.05, 0) is 58.4 Å². The minimum Gasteiger partial charge on any atom is -0.481 e. The molecule has 1 aliphatic rings. The smallest absolute Gasteiger partial charge is 0.305 e. The van der Waals surface area contributed by atoms with Gasteiger partial charge in [-0.3, -0.25) is 47.9 Å². The molecule has 0 saturated carbocycles. The van der Waals surface area contributed by atoms with Crippen molar-refractivity contribution in [2.75, 3.05) is 6.54 Å². The van der Waals surface area contributed by atoms with Gasteiger partial charge in [0.2, 0.25) is 41.4 Å². The second kappa shape index (κ2) is 22.6. The molecule has 1 fully saturated rings. The monoisotopic (exact) mass is 772 g/mol. The fourth-order valence-electron chi connectivity index (χ4n) is 5.14. The van der Waals surface area contributed by atoms with E-state index in [1.54, 1.807) is 0 Å². The van der Waals surface area contributed by atoms with Crippen LogP contribution in [0.4, 0.5) is 0 Å². The van der Waals surface area contributed by atoms with Gasteiger partial charge in [0.1, 0.15) is 42.3 Å². The molecule has 0 unspecified atom stereocenters. The Morgan fingerprint density at radius 3 is 1.43 bits per heavy atom. The van der Waals surface area contributed by atoms with E-state index in [1.807, 2.05) is 0 Å². The van der Waals surface area contributed by atoms with Gasteiger partial charge >= 0.3 is 17.9 Å². The number of hydrogen-bond acceptors (Lipinski definition) is 12. The molecule has 13 N–H and O–H groups in total. The number of aliphatic carboxylic acids is 3. The fourth-order valence-corrected chi connectivity index (χ4v) is 5.14. The summed E-state index contributed by atoms with van der Waals surface area (Å²) >= 11 is 0. The van der Waals surface area contributed by atoms with Gasteiger partial charge in [0.05, 0.1) is 12.5 Å². The third-order valence-corrected chi connectivity index (χ3v) is 8.21. The van der Waals surface area contributed by atoms with Crippen molar-refractivity contribution < 1.29 is 68.4 Å². The number of nitrogens with one attached hydrogen (secondary N) is 7. The molecule has 0 bridgehead atoms. The number of carbonyl (C=O) groups is 10. The van der Waals surface area contributed by atoms with Crippen molar-refractivity contribution >= 4 is 59.3 Å². The minimum absolute atomic E-state index is 0.0478. The number of amides is 7. The van der Waals surface area contributed by atoms with E-state index in [-0.39, 0.29) is 19.4 Å². The van der Waals surface area contributed by atoms with Crippen LogP contribution >= 0.6 is 0 Å². The number of carboxylic acid groups (broad SMARTS) is 3. The molecule has 54 heavy (non-hydrogen) atoms. The minimum atomic E-state index is -1.85. The van der Waals surface area contributed by atoms with Gasteiger partial charge in [-0.15, -0.1) is 0 Å². The predicted molar refractivity (Wildman–Crippen MR) is 185 cm³/mol. The van der Waals surface area contributed by atoms with Gasteiger partial charge in [-0.1, -0.05) is 13.8 Å². The lowest BCUT2D eigenvalue weighted by atomic mass is 10.0. The van der Waals surface area contributed by atoms with Crippen LogP contribution in [0.25, 0.3) is 0 Å². The highest BCUT2D eigenvalue weighted by molar-refractivity contribution is 5.99. The third-order valence-electron chi connectivity index (χ3n) is 8.21. The average Bonchev–Trinajstić information content (AvgIpc) is 3.07.